The van der Waals surface area contributed by atoms with E-state index in [4.69, 9.17) is 0 Å². The van der Waals surface area contributed by atoms with Crippen LogP contribution in [0.3, 0.4) is 0 Å². The highest BCUT2D eigenvalue weighted by atomic mass is 32.2. The highest BCUT2D eigenvalue weighted by Crippen LogP contribution is 2.35. The van der Waals surface area contributed by atoms with Gasteiger partial charge in [0.2, 0.25) is 21.8 Å². The third-order valence-corrected chi connectivity index (χ3v) is 7.07. The molecular weight excluding hydrogens is 366 g/mol. The van der Waals surface area contributed by atoms with Crippen molar-refractivity contribution in [1.29, 1.82) is 0 Å². The van der Waals surface area contributed by atoms with Crippen LogP contribution in [0.5, 0.6) is 0 Å². The molecule has 1 N–H and O–H groups in total. The van der Waals surface area contributed by atoms with Crippen molar-refractivity contribution in [2.45, 2.75) is 56.9 Å². The Kier molecular flexibility index (Phi) is 5.86. The maximum Gasteiger partial charge on any atom is 0.243 e. The molecule has 2 aliphatic rings. The van der Waals surface area contributed by atoms with Gasteiger partial charge < -0.3 is 5.32 Å². The Labute approximate surface area is 160 Å². The van der Waals surface area contributed by atoms with Crippen LogP contribution in [-0.4, -0.2) is 50.2 Å². The highest BCUT2D eigenvalue weighted by molar-refractivity contribution is 7.89. The first kappa shape index (κ1) is 19.8. The Hall–Kier alpha value is -1.93. The Balaban J connectivity index is 1.90. The van der Waals surface area contributed by atoms with Crippen LogP contribution in [-0.2, 0) is 26.0 Å². The lowest BCUT2D eigenvalue weighted by atomic mass is 10.1. The van der Waals surface area contributed by atoms with Crippen molar-refractivity contribution in [3.8, 4) is 0 Å². The van der Waals surface area contributed by atoms with Gasteiger partial charge in [-0.25, -0.2) is 8.42 Å². The molecule has 0 unspecified atom stereocenters. The summed E-state index contributed by atoms with van der Waals surface area (Å²) in [6, 6.07) is 4.20. The molecule has 0 saturated carbocycles. The minimum Gasteiger partial charge on any atom is -0.354 e. The Morgan fingerprint density at radius 2 is 1.89 bits per heavy atom. The van der Waals surface area contributed by atoms with Crippen molar-refractivity contribution < 1.29 is 18.0 Å². The summed E-state index contributed by atoms with van der Waals surface area (Å²) in [7, 11) is -3.54. The molecule has 0 bridgehead atoms. The van der Waals surface area contributed by atoms with Gasteiger partial charge in [-0.1, -0.05) is 13.3 Å². The van der Waals surface area contributed by atoms with Gasteiger partial charge in [0.1, 0.15) is 6.04 Å². The third kappa shape index (κ3) is 3.87. The van der Waals surface area contributed by atoms with Crippen molar-refractivity contribution in [2.75, 3.05) is 24.5 Å². The van der Waals surface area contributed by atoms with E-state index >= 15 is 0 Å². The van der Waals surface area contributed by atoms with Crippen LogP contribution in [0, 0.1) is 0 Å². The van der Waals surface area contributed by atoms with Crippen LogP contribution in [0.25, 0.3) is 0 Å². The first-order valence-electron chi connectivity index (χ1n) is 9.57. The Bertz CT molecular complexity index is 831. The lowest BCUT2D eigenvalue weighted by molar-refractivity contribution is -0.125. The first-order chi connectivity index (χ1) is 12.9. The molecule has 0 aromatic heterocycles. The average molecular weight is 394 g/mol. The number of carbonyl (C=O) groups is 2. The van der Waals surface area contributed by atoms with Crippen molar-refractivity contribution >= 4 is 27.5 Å². The summed E-state index contributed by atoms with van der Waals surface area (Å²) in [5.41, 5.74) is 1.34. The lowest BCUT2D eigenvalue weighted by Crippen LogP contribution is -2.47. The van der Waals surface area contributed by atoms with Gasteiger partial charge in [-0.2, -0.15) is 4.31 Å². The molecule has 7 nitrogen and oxygen atoms in total. The molecule has 1 aromatic rings. The number of nitrogens with zero attached hydrogens (tertiary/aromatic N) is 2. The maximum atomic E-state index is 12.9. The number of rotatable bonds is 5. The normalized spacial score (nSPS) is 20.4. The van der Waals surface area contributed by atoms with Gasteiger partial charge in [0.15, 0.2) is 0 Å². The summed E-state index contributed by atoms with van der Waals surface area (Å²) in [6.07, 6.45) is 3.94. The molecule has 1 aromatic carbocycles. The van der Waals surface area contributed by atoms with Crippen LogP contribution >= 0.6 is 0 Å². The molecule has 148 valence electrons. The van der Waals surface area contributed by atoms with Crippen LogP contribution in [0.15, 0.2) is 23.1 Å². The van der Waals surface area contributed by atoms with Gasteiger partial charge in [-0.3, -0.25) is 14.5 Å². The van der Waals surface area contributed by atoms with E-state index in [0.717, 1.165) is 31.2 Å². The molecule has 0 radical (unpaired) electrons. The molecule has 2 aliphatic heterocycles. The van der Waals surface area contributed by atoms with E-state index in [1.807, 2.05) is 6.92 Å². The number of benzene rings is 1. The summed E-state index contributed by atoms with van der Waals surface area (Å²) in [5.74, 6) is -0.430. The second kappa shape index (κ2) is 7.98. The number of nitrogens with one attached hydrogen (secondary N) is 1. The van der Waals surface area contributed by atoms with Gasteiger partial charge >= 0.3 is 0 Å². The van der Waals surface area contributed by atoms with Crippen molar-refractivity contribution in [1.82, 2.24) is 9.62 Å². The zero-order valence-electron chi connectivity index (χ0n) is 15.9. The van der Waals surface area contributed by atoms with E-state index in [9.17, 15) is 18.0 Å². The molecule has 3 rings (SSSR count). The standard InChI is InChI=1S/C19H27N3O4S/c1-3-9-20-19(24)18-13-15-12-16(7-8-17(15)22(18)14(2)23)27(25,26)21-10-5-4-6-11-21/h7-8,12,18H,3-6,9-11,13H2,1-2H3,(H,20,24)/t18-/m0/s1. The molecule has 27 heavy (non-hydrogen) atoms. The molecule has 0 aliphatic carbocycles. The van der Waals surface area contributed by atoms with E-state index in [0.29, 0.717) is 31.7 Å². The number of anilines is 1. The number of sulfonamides is 1. The molecule has 1 atom stereocenters. The molecule has 2 amide bonds. The predicted molar refractivity (Wildman–Crippen MR) is 103 cm³/mol. The molecular formula is C19H27N3O4S. The fourth-order valence-electron chi connectivity index (χ4n) is 3.81. The topological polar surface area (TPSA) is 86.8 Å². The fraction of sp³-hybridized carbons (Fsp3) is 0.579. The molecule has 0 spiro atoms. The molecule has 8 heteroatoms. The second-order valence-corrected chi connectivity index (χ2v) is 9.09. The average Bonchev–Trinajstić information content (AvgIpc) is 3.05. The zero-order chi connectivity index (χ0) is 19.6. The van der Waals surface area contributed by atoms with Gasteiger partial charge in [0.05, 0.1) is 4.90 Å². The van der Waals surface area contributed by atoms with Crippen molar-refractivity contribution in [3.05, 3.63) is 23.8 Å². The van der Waals surface area contributed by atoms with Crippen molar-refractivity contribution in [3.63, 3.8) is 0 Å². The number of amides is 2. The summed E-state index contributed by atoms with van der Waals surface area (Å²) >= 11 is 0. The van der Waals surface area contributed by atoms with Gasteiger partial charge in [-0.15, -0.1) is 0 Å². The smallest absolute Gasteiger partial charge is 0.243 e. The van der Waals surface area contributed by atoms with E-state index in [1.165, 1.54) is 16.1 Å². The van der Waals surface area contributed by atoms with Gasteiger partial charge in [0.25, 0.3) is 0 Å². The van der Waals surface area contributed by atoms with E-state index in [-0.39, 0.29) is 16.7 Å². The third-order valence-electron chi connectivity index (χ3n) is 5.18. The zero-order valence-corrected chi connectivity index (χ0v) is 16.7. The summed E-state index contributed by atoms with van der Waals surface area (Å²) in [6.45, 7) is 5.02. The van der Waals surface area contributed by atoms with Crippen molar-refractivity contribution in [2.24, 2.45) is 0 Å². The molecule has 1 saturated heterocycles. The number of piperidine rings is 1. The first-order valence-corrected chi connectivity index (χ1v) is 11.0. The fourth-order valence-corrected chi connectivity index (χ4v) is 5.38. The van der Waals surface area contributed by atoms with Crippen LogP contribution in [0.4, 0.5) is 5.69 Å². The monoisotopic (exact) mass is 393 g/mol. The second-order valence-electron chi connectivity index (χ2n) is 7.16. The Morgan fingerprint density at radius 1 is 1.19 bits per heavy atom. The predicted octanol–water partition coefficient (Wildman–Crippen LogP) is 1.66. The van der Waals surface area contributed by atoms with Crippen LogP contribution in [0.1, 0.15) is 45.1 Å². The SMILES string of the molecule is CCCNC(=O)[C@@H]1Cc2cc(S(=O)(=O)N3CCCCC3)ccc2N1C(C)=O. The van der Waals surface area contributed by atoms with Crippen LogP contribution in [0.2, 0.25) is 0 Å². The highest BCUT2D eigenvalue weighted by Gasteiger charge is 2.38. The number of hydrogen-bond donors (Lipinski definition) is 1. The summed E-state index contributed by atoms with van der Waals surface area (Å²) in [5, 5.41) is 2.83. The quantitative estimate of drug-likeness (QED) is 0.824. The molecule has 1 fully saturated rings. The molecule has 2 heterocycles. The largest absolute Gasteiger partial charge is 0.354 e. The van der Waals surface area contributed by atoms with Gasteiger partial charge in [0, 0.05) is 38.7 Å². The van der Waals surface area contributed by atoms with Gasteiger partial charge in [-0.05, 0) is 43.0 Å². The number of hydrogen-bond acceptors (Lipinski definition) is 4. The van der Waals surface area contributed by atoms with E-state index in [1.54, 1.807) is 18.2 Å². The number of carbonyl (C=O) groups excluding carboxylic acids is 2. The Morgan fingerprint density at radius 3 is 2.52 bits per heavy atom. The maximum absolute atomic E-state index is 12.9. The lowest BCUT2D eigenvalue weighted by Gasteiger charge is -2.26. The van der Waals surface area contributed by atoms with E-state index in [2.05, 4.69) is 5.32 Å². The minimum atomic E-state index is -3.54. The number of fused-ring (bicyclic) bond motifs is 1. The summed E-state index contributed by atoms with van der Waals surface area (Å²) in [4.78, 5) is 26.3. The summed E-state index contributed by atoms with van der Waals surface area (Å²) < 4.78 is 27.4. The minimum absolute atomic E-state index is 0.205. The van der Waals surface area contributed by atoms with Crippen LogP contribution < -0.4 is 10.2 Å². The van der Waals surface area contributed by atoms with E-state index < -0.39 is 16.1 Å².